The molecule has 0 aliphatic carbocycles. The summed E-state index contributed by atoms with van der Waals surface area (Å²) in [5.74, 6) is 1.29. The number of carbonyl (C=O) groups is 1. The molecule has 29 heavy (non-hydrogen) atoms. The fraction of sp³-hybridized carbons (Fsp3) is 0.429. The van der Waals surface area contributed by atoms with Crippen molar-refractivity contribution >= 4 is 23.4 Å². The highest BCUT2D eigenvalue weighted by Gasteiger charge is 2.23. The molecule has 7 nitrogen and oxygen atoms in total. The third-order valence-corrected chi connectivity index (χ3v) is 5.78. The lowest BCUT2D eigenvalue weighted by Gasteiger charge is -2.31. The Bertz CT molecular complexity index is 827. The molecule has 2 aromatic rings. The molecule has 1 aromatic heterocycles. The number of piperidine rings is 1. The van der Waals surface area contributed by atoms with Crippen molar-refractivity contribution in [1.82, 2.24) is 10.2 Å². The second-order valence-electron chi connectivity index (χ2n) is 6.84. The topological polar surface area (TPSA) is 89.2 Å². The molecule has 8 heteroatoms. The maximum atomic E-state index is 11.8. The Morgan fingerprint density at radius 3 is 2.66 bits per heavy atom. The van der Waals surface area contributed by atoms with Gasteiger partial charge in [0.15, 0.2) is 5.96 Å². The van der Waals surface area contributed by atoms with E-state index in [4.69, 9.17) is 15.2 Å². The van der Waals surface area contributed by atoms with Crippen molar-refractivity contribution in [2.45, 2.75) is 32.4 Å². The first-order valence-electron chi connectivity index (χ1n) is 9.79. The summed E-state index contributed by atoms with van der Waals surface area (Å²) in [6.07, 6.45) is 1.42. The first-order chi connectivity index (χ1) is 14.1. The average molecular weight is 417 g/mol. The minimum absolute atomic E-state index is 0.225. The van der Waals surface area contributed by atoms with Crippen LogP contribution in [0.2, 0.25) is 0 Å². The van der Waals surface area contributed by atoms with E-state index in [1.54, 1.807) is 23.3 Å². The van der Waals surface area contributed by atoms with Gasteiger partial charge in [-0.1, -0.05) is 12.1 Å². The predicted molar refractivity (Wildman–Crippen MR) is 116 cm³/mol. The fourth-order valence-corrected chi connectivity index (χ4v) is 4.05. The molecule has 0 radical (unpaired) electrons. The van der Waals surface area contributed by atoms with Gasteiger partial charge in [-0.05, 0) is 54.5 Å². The first kappa shape index (κ1) is 21.0. The van der Waals surface area contributed by atoms with Crippen LogP contribution in [0, 0.1) is 0 Å². The fourth-order valence-electron chi connectivity index (χ4n) is 3.24. The number of nitrogens with two attached hydrogens (primary N) is 1. The molecule has 0 saturated carbocycles. The SMILES string of the molecule is CCOC(=O)N1CCC(NC(N)=NCc2cc(-c3ccc(OC)cc3)cs2)CC1. The van der Waals surface area contributed by atoms with E-state index in [2.05, 4.69) is 21.8 Å². The van der Waals surface area contributed by atoms with Crippen LogP contribution in [0.15, 0.2) is 40.7 Å². The quantitative estimate of drug-likeness (QED) is 0.556. The molecule has 0 spiro atoms. The van der Waals surface area contributed by atoms with Crippen LogP contribution >= 0.6 is 11.3 Å². The molecule has 1 aromatic carbocycles. The molecule has 3 N–H and O–H groups in total. The lowest BCUT2D eigenvalue weighted by molar-refractivity contribution is 0.0963. The van der Waals surface area contributed by atoms with Gasteiger partial charge in [0.05, 0.1) is 20.3 Å². The van der Waals surface area contributed by atoms with Crippen molar-refractivity contribution in [3.63, 3.8) is 0 Å². The minimum atomic E-state index is -0.238. The molecule has 156 valence electrons. The Hall–Kier alpha value is -2.74. The molecule has 1 aliphatic heterocycles. The van der Waals surface area contributed by atoms with Gasteiger partial charge in [0.1, 0.15) is 5.75 Å². The second-order valence-corrected chi connectivity index (χ2v) is 7.83. The molecular weight excluding hydrogens is 388 g/mol. The third-order valence-electron chi connectivity index (χ3n) is 4.86. The summed E-state index contributed by atoms with van der Waals surface area (Å²) in [5.41, 5.74) is 8.39. The summed E-state index contributed by atoms with van der Waals surface area (Å²) in [4.78, 5) is 19.1. The van der Waals surface area contributed by atoms with Crippen molar-refractivity contribution in [3.05, 3.63) is 40.6 Å². The van der Waals surface area contributed by atoms with Gasteiger partial charge in [-0.25, -0.2) is 9.79 Å². The number of hydrogen-bond acceptors (Lipinski definition) is 5. The summed E-state index contributed by atoms with van der Waals surface area (Å²) in [7, 11) is 1.66. The van der Waals surface area contributed by atoms with E-state index < -0.39 is 0 Å². The van der Waals surface area contributed by atoms with Gasteiger partial charge in [0.2, 0.25) is 0 Å². The van der Waals surface area contributed by atoms with Crippen LogP contribution in [-0.4, -0.2) is 49.8 Å². The zero-order chi connectivity index (χ0) is 20.6. The van der Waals surface area contributed by atoms with E-state index in [0.717, 1.165) is 29.0 Å². The predicted octanol–water partition coefficient (Wildman–Crippen LogP) is 3.45. The van der Waals surface area contributed by atoms with E-state index in [0.29, 0.717) is 32.2 Å². The molecule has 1 amide bonds. The van der Waals surface area contributed by atoms with Crippen molar-refractivity contribution in [2.75, 3.05) is 26.8 Å². The van der Waals surface area contributed by atoms with Crippen molar-refractivity contribution in [1.29, 1.82) is 0 Å². The number of hydrogen-bond donors (Lipinski definition) is 2. The number of aliphatic imine (C=N–C) groups is 1. The van der Waals surface area contributed by atoms with Crippen LogP contribution in [-0.2, 0) is 11.3 Å². The number of thiophene rings is 1. The Morgan fingerprint density at radius 2 is 2.00 bits per heavy atom. The number of benzene rings is 1. The largest absolute Gasteiger partial charge is 0.497 e. The van der Waals surface area contributed by atoms with Gasteiger partial charge in [-0.15, -0.1) is 11.3 Å². The highest BCUT2D eigenvalue weighted by Crippen LogP contribution is 2.27. The number of rotatable bonds is 6. The number of nitrogens with zero attached hydrogens (tertiary/aromatic N) is 2. The summed E-state index contributed by atoms with van der Waals surface area (Å²) >= 11 is 1.67. The molecule has 0 bridgehead atoms. The number of carbonyl (C=O) groups excluding carboxylic acids is 1. The molecule has 2 heterocycles. The van der Waals surface area contributed by atoms with E-state index in [1.165, 1.54) is 5.56 Å². The molecule has 0 atom stereocenters. The molecule has 3 rings (SSSR count). The number of likely N-dealkylation sites (tertiary alicyclic amines) is 1. The van der Waals surface area contributed by atoms with E-state index in [-0.39, 0.29) is 12.1 Å². The third kappa shape index (κ3) is 5.87. The average Bonchev–Trinajstić information content (AvgIpc) is 3.22. The normalized spacial score (nSPS) is 15.2. The van der Waals surface area contributed by atoms with Crippen LogP contribution < -0.4 is 15.8 Å². The summed E-state index contributed by atoms with van der Waals surface area (Å²) < 4.78 is 10.2. The smallest absolute Gasteiger partial charge is 0.409 e. The zero-order valence-corrected chi connectivity index (χ0v) is 17.7. The van der Waals surface area contributed by atoms with Crippen LogP contribution in [0.25, 0.3) is 11.1 Å². The van der Waals surface area contributed by atoms with Gasteiger partial charge in [-0.2, -0.15) is 0 Å². The van der Waals surface area contributed by atoms with E-state index in [9.17, 15) is 4.79 Å². The monoisotopic (exact) mass is 416 g/mol. The molecule has 1 fully saturated rings. The maximum Gasteiger partial charge on any atom is 0.409 e. The van der Waals surface area contributed by atoms with Gasteiger partial charge in [-0.3, -0.25) is 0 Å². The Labute approximate surface area is 175 Å². The van der Waals surface area contributed by atoms with Crippen molar-refractivity contribution in [2.24, 2.45) is 10.7 Å². The Balaban J connectivity index is 1.48. The van der Waals surface area contributed by atoms with Gasteiger partial charge in [0.25, 0.3) is 0 Å². The van der Waals surface area contributed by atoms with Crippen LogP contribution in [0.5, 0.6) is 5.75 Å². The lowest BCUT2D eigenvalue weighted by Crippen LogP contribution is -2.48. The summed E-state index contributed by atoms with van der Waals surface area (Å²) in [6, 6.07) is 10.4. The number of amides is 1. The number of ether oxygens (including phenoxy) is 2. The van der Waals surface area contributed by atoms with E-state index in [1.807, 2.05) is 31.2 Å². The van der Waals surface area contributed by atoms with Gasteiger partial charge >= 0.3 is 6.09 Å². The zero-order valence-electron chi connectivity index (χ0n) is 16.9. The highest BCUT2D eigenvalue weighted by atomic mass is 32.1. The minimum Gasteiger partial charge on any atom is -0.497 e. The standard InChI is InChI=1S/C21H28N4O3S/c1-3-28-21(26)25-10-8-17(9-11-25)24-20(22)23-13-19-12-16(14-29-19)15-4-6-18(27-2)7-5-15/h4-7,12,14,17H,3,8-11,13H2,1-2H3,(H3,22,23,24). The molecule has 0 unspecified atom stereocenters. The molecule has 1 saturated heterocycles. The number of guanidine groups is 1. The molecular formula is C21H28N4O3S. The molecule has 1 aliphatic rings. The van der Waals surface area contributed by atoms with Gasteiger partial charge in [0, 0.05) is 24.0 Å². The summed E-state index contributed by atoms with van der Waals surface area (Å²) in [6.45, 7) is 4.09. The second kappa shape index (κ2) is 10.2. The number of nitrogens with one attached hydrogen (secondary N) is 1. The Morgan fingerprint density at radius 1 is 1.28 bits per heavy atom. The van der Waals surface area contributed by atoms with Crippen LogP contribution in [0.4, 0.5) is 4.79 Å². The van der Waals surface area contributed by atoms with Crippen LogP contribution in [0.1, 0.15) is 24.6 Å². The summed E-state index contributed by atoms with van der Waals surface area (Å²) in [5, 5.41) is 5.40. The van der Waals surface area contributed by atoms with E-state index >= 15 is 0 Å². The Kier molecular flexibility index (Phi) is 7.35. The lowest BCUT2D eigenvalue weighted by atomic mass is 10.1. The van der Waals surface area contributed by atoms with Crippen molar-refractivity contribution < 1.29 is 14.3 Å². The first-order valence-corrected chi connectivity index (χ1v) is 10.7. The van der Waals surface area contributed by atoms with Crippen molar-refractivity contribution in [3.8, 4) is 16.9 Å². The number of methoxy groups -OCH3 is 1. The highest BCUT2D eigenvalue weighted by molar-refractivity contribution is 7.10. The maximum absolute atomic E-state index is 11.8. The van der Waals surface area contributed by atoms with Gasteiger partial charge < -0.3 is 25.4 Å². The van der Waals surface area contributed by atoms with Crippen LogP contribution in [0.3, 0.4) is 0 Å².